The van der Waals surface area contributed by atoms with Gasteiger partial charge in [0.15, 0.2) is 0 Å². The van der Waals surface area contributed by atoms with E-state index in [1.165, 1.54) is 55.8 Å². The SMILES string of the molecule is CC(C)(C)O.CCc1c(C)c2c(c(C)c1-c1ccc(C)cc1)-c1ccc(NC(=O)c3ccc(OCCN(CC)CC)cc3)cc1CN2SC.O=CO. The zero-order valence-corrected chi connectivity index (χ0v) is 33.4. The highest BCUT2D eigenvalue weighted by atomic mass is 32.2. The van der Waals surface area contributed by atoms with Gasteiger partial charge in [-0.25, -0.2) is 0 Å². The van der Waals surface area contributed by atoms with Crippen LogP contribution in [0.15, 0.2) is 66.7 Å². The first-order valence-electron chi connectivity index (χ1n) is 18.0. The maximum absolute atomic E-state index is 13.2. The molecule has 5 rings (SSSR count). The van der Waals surface area contributed by atoms with Crippen LogP contribution < -0.4 is 14.4 Å². The van der Waals surface area contributed by atoms with E-state index in [9.17, 15) is 4.79 Å². The number of hydrogen-bond acceptors (Lipinski definition) is 7. The quantitative estimate of drug-likeness (QED) is 0.104. The third kappa shape index (κ3) is 11.1. The van der Waals surface area contributed by atoms with Gasteiger partial charge >= 0.3 is 0 Å². The largest absolute Gasteiger partial charge is 0.492 e. The van der Waals surface area contributed by atoms with Gasteiger partial charge in [0, 0.05) is 29.6 Å². The molecule has 52 heavy (non-hydrogen) atoms. The number of fused-ring (bicyclic) bond motifs is 3. The minimum Gasteiger partial charge on any atom is -0.492 e. The van der Waals surface area contributed by atoms with Crippen molar-refractivity contribution in [3.05, 3.63) is 100 Å². The summed E-state index contributed by atoms with van der Waals surface area (Å²) in [6.07, 6.45) is 3.12. The number of likely N-dealkylation sites (N-methyl/N-ethyl adjacent to an activating group) is 1. The average molecular weight is 728 g/mol. The number of anilines is 2. The fourth-order valence-corrected chi connectivity index (χ4v) is 7.09. The Balaban J connectivity index is 0.000000827. The van der Waals surface area contributed by atoms with Crippen LogP contribution in [0.1, 0.15) is 79.7 Å². The van der Waals surface area contributed by atoms with Crippen molar-refractivity contribution in [2.75, 3.05) is 42.1 Å². The van der Waals surface area contributed by atoms with Crippen molar-refractivity contribution in [1.29, 1.82) is 0 Å². The molecule has 0 saturated heterocycles. The molecule has 1 aliphatic heterocycles. The van der Waals surface area contributed by atoms with E-state index in [1.54, 1.807) is 32.7 Å². The molecule has 9 heteroatoms. The molecule has 0 saturated carbocycles. The zero-order valence-electron chi connectivity index (χ0n) is 32.6. The number of nitrogens with one attached hydrogen (secondary N) is 1. The molecule has 4 aromatic rings. The molecular weight excluding hydrogens is 671 g/mol. The Hall–Kier alpha value is -4.31. The van der Waals surface area contributed by atoms with Gasteiger partial charge in [0.05, 0.1) is 17.8 Å². The van der Waals surface area contributed by atoms with E-state index in [1.807, 2.05) is 30.3 Å². The van der Waals surface area contributed by atoms with E-state index in [-0.39, 0.29) is 12.4 Å². The van der Waals surface area contributed by atoms with Gasteiger partial charge in [0.1, 0.15) is 12.4 Å². The van der Waals surface area contributed by atoms with Gasteiger partial charge in [0.25, 0.3) is 12.4 Å². The van der Waals surface area contributed by atoms with Crippen LogP contribution in [-0.4, -0.2) is 65.6 Å². The molecule has 8 nitrogen and oxygen atoms in total. The normalized spacial score (nSPS) is 11.7. The summed E-state index contributed by atoms with van der Waals surface area (Å²) >= 11 is 1.76. The first kappa shape index (κ1) is 42.1. The molecule has 0 radical (unpaired) electrons. The van der Waals surface area contributed by atoms with Crippen molar-refractivity contribution in [2.24, 2.45) is 0 Å². The van der Waals surface area contributed by atoms with Crippen molar-refractivity contribution in [3.63, 3.8) is 0 Å². The fourth-order valence-electron chi connectivity index (χ4n) is 6.42. The highest BCUT2D eigenvalue weighted by molar-refractivity contribution is 7.99. The van der Waals surface area contributed by atoms with E-state index in [0.717, 1.165) is 44.0 Å². The second kappa shape index (κ2) is 19.5. The van der Waals surface area contributed by atoms with E-state index < -0.39 is 5.60 Å². The van der Waals surface area contributed by atoms with Gasteiger partial charge in [-0.2, -0.15) is 0 Å². The predicted octanol–water partition coefficient (Wildman–Crippen LogP) is 9.56. The van der Waals surface area contributed by atoms with E-state index in [2.05, 4.69) is 98.7 Å². The number of aryl methyl sites for hydroxylation is 1. The number of hydrogen-bond donors (Lipinski definition) is 3. The maximum Gasteiger partial charge on any atom is 0.290 e. The van der Waals surface area contributed by atoms with Crippen molar-refractivity contribution in [3.8, 4) is 28.0 Å². The number of carbonyl (C=O) groups excluding carboxylic acids is 1. The lowest BCUT2D eigenvalue weighted by atomic mass is 9.81. The third-order valence-electron chi connectivity index (χ3n) is 8.89. The van der Waals surface area contributed by atoms with Crippen LogP contribution in [0.5, 0.6) is 5.75 Å². The Labute approximate surface area is 315 Å². The topological polar surface area (TPSA) is 102 Å². The van der Waals surface area contributed by atoms with Crippen molar-refractivity contribution in [1.82, 2.24) is 4.90 Å². The van der Waals surface area contributed by atoms with Crippen molar-refractivity contribution in [2.45, 2.75) is 80.9 Å². The summed E-state index contributed by atoms with van der Waals surface area (Å²) in [4.78, 5) is 23.9. The van der Waals surface area contributed by atoms with Crippen LogP contribution in [0.25, 0.3) is 22.3 Å². The first-order chi connectivity index (χ1) is 24.7. The lowest BCUT2D eigenvalue weighted by molar-refractivity contribution is -0.122. The van der Waals surface area contributed by atoms with Crippen LogP contribution in [0.3, 0.4) is 0 Å². The summed E-state index contributed by atoms with van der Waals surface area (Å²) in [6.45, 7) is 22.5. The molecule has 1 heterocycles. The molecule has 1 aliphatic rings. The number of ether oxygens (including phenoxy) is 1. The minimum absolute atomic E-state index is 0.126. The summed E-state index contributed by atoms with van der Waals surface area (Å²) in [5.41, 5.74) is 13.9. The second-order valence-electron chi connectivity index (χ2n) is 13.8. The zero-order chi connectivity index (χ0) is 38.6. The Morgan fingerprint density at radius 3 is 2.08 bits per heavy atom. The lowest BCUT2D eigenvalue weighted by Crippen LogP contribution is -2.27. The lowest BCUT2D eigenvalue weighted by Gasteiger charge is -2.36. The number of rotatable bonds is 11. The number of nitrogens with zero attached hydrogens (tertiary/aromatic N) is 2. The Kier molecular flexibility index (Phi) is 15.8. The summed E-state index contributed by atoms with van der Waals surface area (Å²) in [6, 6.07) is 22.7. The van der Waals surface area contributed by atoms with E-state index >= 15 is 0 Å². The Morgan fingerprint density at radius 2 is 1.54 bits per heavy atom. The number of carboxylic acid groups (broad SMARTS) is 1. The van der Waals surface area contributed by atoms with Crippen LogP contribution in [0.4, 0.5) is 11.4 Å². The first-order valence-corrected chi connectivity index (χ1v) is 19.1. The van der Waals surface area contributed by atoms with Gasteiger partial charge in [-0.3, -0.25) is 9.59 Å². The third-order valence-corrected chi connectivity index (χ3v) is 9.65. The molecule has 0 bridgehead atoms. The van der Waals surface area contributed by atoms with Gasteiger partial charge in [0.2, 0.25) is 0 Å². The molecule has 0 aromatic heterocycles. The van der Waals surface area contributed by atoms with Gasteiger partial charge in [-0.15, -0.1) is 0 Å². The molecular formula is C43H57N3O5S. The number of aliphatic hydroxyl groups is 1. The van der Waals surface area contributed by atoms with Gasteiger partial charge < -0.3 is 29.5 Å². The highest BCUT2D eigenvalue weighted by Gasteiger charge is 2.29. The Bertz CT molecular complexity index is 1770. The second-order valence-corrected chi connectivity index (χ2v) is 14.6. The summed E-state index contributed by atoms with van der Waals surface area (Å²) < 4.78 is 8.30. The number of carbonyl (C=O) groups is 2. The van der Waals surface area contributed by atoms with Gasteiger partial charge in [-0.05, 0) is 136 Å². The highest BCUT2D eigenvalue weighted by Crippen LogP contribution is 2.50. The van der Waals surface area contributed by atoms with Crippen LogP contribution >= 0.6 is 11.9 Å². The fraction of sp³-hybridized carbons (Fsp3) is 0.395. The number of benzene rings is 4. The standard InChI is InChI=1S/C38H45N3O2S.C4H10O.CH2O2/c1-8-33-26(5)37-36(27(6)35(33)28-13-11-25(4)12-14-28)34-20-17-31(23-30(34)24-41(37)44-7)39-38(42)29-15-18-32(19-16-29)43-22-21-40(9-2)10-3;1-4(2,3)5;2-1-3/h11-20,23H,8-10,21-22,24H2,1-7H3,(H,39,42);5H,1-3H3;1H,(H,2,3). The van der Waals surface area contributed by atoms with Crippen LogP contribution in [0.2, 0.25) is 0 Å². The van der Waals surface area contributed by atoms with E-state index in [4.69, 9.17) is 19.7 Å². The molecule has 280 valence electrons. The predicted molar refractivity (Wildman–Crippen MR) is 219 cm³/mol. The minimum atomic E-state index is -0.500. The molecule has 1 amide bonds. The number of amides is 1. The summed E-state index contributed by atoms with van der Waals surface area (Å²) in [5.74, 6) is 0.652. The molecule has 0 unspecified atom stereocenters. The summed E-state index contributed by atoms with van der Waals surface area (Å²) in [7, 11) is 0. The molecule has 0 spiro atoms. The van der Waals surface area contributed by atoms with Crippen molar-refractivity contribution >= 4 is 35.7 Å². The molecule has 0 fully saturated rings. The molecule has 3 N–H and O–H groups in total. The maximum atomic E-state index is 13.2. The molecule has 4 aromatic carbocycles. The molecule has 0 atom stereocenters. The smallest absolute Gasteiger partial charge is 0.290 e. The molecule has 0 aliphatic carbocycles. The monoisotopic (exact) mass is 727 g/mol. The summed E-state index contributed by atoms with van der Waals surface area (Å²) in [5, 5.41) is 18.5. The van der Waals surface area contributed by atoms with E-state index in [0.29, 0.717) is 12.2 Å². The Morgan fingerprint density at radius 1 is 0.942 bits per heavy atom. The van der Waals surface area contributed by atoms with Crippen molar-refractivity contribution < 1.29 is 24.5 Å². The van der Waals surface area contributed by atoms with Crippen LogP contribution in [-0.2, 0) is 17.8 Å². The van der Waals surface area contributed by atoms with Crippen LogP contribution in [0, 0.1) is 20.8 Å². The van der Waals surface area contributed by atoms with Gasteiger partial charge in [-0.1, -0.05) is 68.6 Å². The average Bonchev–Trinajstić information content (AvgIpc) is 3.11.